The summed E-state index contributed by atoms with van der Waals surface area (Å²) in [6.45, 7) is 1.90. The van der Waals surface area contributed by atoms with Crippen molar-refractivity contribution in [3.8, 4) is 0 Å². The first kappa shape index (κ1) is 14.9. The molecular weight excluding hydrogens is 296 g/mol. The van der Waals surface area contributed by atoms with Crippen LogP contribution in [0.4, 0.5) is 10.5 Å². The number of furan rings is 1. The van der Waals surface area contributed by atoms with Crippen LogP contribution in [-0.2, 0) is 6.54 Å². The van der Waals surface area contributed by atoms with E-state index in [1.165, 1.54) is 12.1 Å². The number of carboxylic acids is 1. The van der Waals surface area contributed by atoms with E-state index in [2.05, 4.69) is 10.6 Å². The topological polar surface area (TPSA) is 91.6 Å². The maximum Gasteiger partial charge on any atom is 0.371 e. The van der Waals surface area contributed by atoms with Crippen LogP contribution in [0.3, 0.4) is 0 Å². The Balaban J connectivity index is 1.94. The fourth-order valence-electron chi connectivity index (χ4n) is 1.70. The third-order valence-corrected chi connectivity index (χ3v) is 3.07. The molecule has 3 N–H and O–H groups in total. The van der Waals surface area contributed by atoms with Gasteiger partial charge < -0.3 is 20.2 Å². The van der Waals surface area contributed by atoms with E-state index in [9.17, 15) is 9.59 Å². The molecule has 0 aliphatic heterocycles. The standard InChI is InChI=1S/C14H13ClN2O4/c1-8-3-2-4-10(15)12(8)17-14(20)16-7-9-5-6-11(21-9)13(18)19/h2-6H,7H2,1H3,(H,18,19)(H2,16,17,20). The smallest absolute Gasteiger partial charge is 0.371 e. The van der Waals surface area contributed by atoms with Gasteiger partial charge in [0.2, 0.25) is 5.76 Å². The Morgan fingerprint density at radius 2 is 2.05 bits per heavy atom. The fourth-order valence-corrected chi connectivity index (χ4v) is 1.97. The summed E-state index contributed by atoms with van der Waals surface area (Å²) in [5.74, 6) is -0.981. The molecular formula is C14H13ClN2O4. The summed E-state index contributed by atoms with van der Waals surface area (Å²) in [7, 11) is 0. The highest BCUT2D eigenvalue weighted by Gasteiger charge is 2.11. The number of aromatic carboxylic acids is 1. The van der Waals surface area contributed by atoms with Crippen molar-refractivity contribution in [2.75, 3.05) is 5.32 Å². The van der Waals surface area contributed by atoms with Crippen LogP contribution in [0.15, 0.2) is 34.7 Å². The van der Waals surface area contributed by atoms with Gasteiger partial charge in [0.1, 0.15) is 5.76 Å². The molecule has 6 nitrogen and oxygen atoms in total. The van der Waals surface area contributed by atoms with Crippen LogP contribution >= 0.6 is 11.6 Å². The zero-order valence-electron chi connectivity index (χ0n) is 11.1. The zero-order chi connectivity index (χ0) is 15.4. The van der Waals surface area contributed by atoms with E-state index in [1.807, 2.05) is 13.0 Å². The van der Waals surface area contributed by atoms with Gasteiger partial charge in [0.05, 0.1) is 17.3 Å². The highest BCUT2D eigenvalue weighted by Crippen LogP contribution is 2.24. The van der Waals surface area contributed by atoms with Crippen LogP contribution in [0.2, 0.25) is 5.02 Å². The molecule has 2 amide bonds. The molecule has 7 heteroatoms. The maximum absolute atomic E-state index is 11.8. The van der Waals surface area contributed by atoms with E-state index < -0.39 is 12.0 Å². The lowest BCUT2D eigenvalue weighted by Gasteiger charge is -2.10. The van der Waals surface area contributed by atoms with E-state index >= 15 is 0 Å². The second-order valence-electron chi connectivity index (χ2n) is 4.31. The molecule has 0 aliphatic rings. The van der Waals surface area contributed by atoms with Gasteiger partial charge in [-0.2, -0.15) is 0 Å². The first-order valence-electron chi connectivity index (χ1n) is 6.09. The molecule has 0 saturated carbocycles. The SMILES string of the molecule is Cc1cccc(Cl)c1NC(=O)NCc1ccc(C(=O)O)o1. The van der Waals surface area contributed by atoms with Crippen molar-refractivity contribution >= 4 is 29.3 Å². The van der Waals surface area contributed by atoms with Crippen LogP contribution in [-0.4, -0.2) is 17.1 Å². The largest absolute Gasteiger partial charge is 0.475 e. The number of carbonyl (C=O) groups excluding carboxylic acids is 1. The average molecular weight is 309 g/mol. The molecule has 110 valence electrons. The first-order chi connectivity index (χ1) is 9.97. The lowest BCUT2D eigenvalue weighted by molar-refractivity contribution is 0.0660. The molecule has 1 heterocycles. The van der Waals surface area contributed by atoms with Crippen molar-refractivity contribution in [3.05, 3.63) is 52.4 Å². The van der Waals surface area contributed by atoms with Crippen LogP contribution in [0.1, 0.15) is 21.9 Å². The third kappa shape index (κ3) is 3.76. The quantitative estimate of drug-likeness (QED) is 0.808. The number of benzene rings is 1. The van der Waals surface area contributed by atoms with Gasteiger partial charge >= 0.3 is 12.0 Å². The summed E-state index contributed by atoms with van der Waals surface area (Å²) in [4.78, 5) is 22.5. The minimum absolute atomic E-state index is 0.0720. The Morgan fingerprint density at radius 3 is 2.67 bits per heavy atom. The number of para-hydroxylation sites is 1. The highest BCUT2D eigenvalue weighted by atomic mass is 35.5. The molecule has 0 aliphatic carbocycles. The Kier molecular flexibility index (Phi) is 4.49. The summed E-state index contributed by atoms with van der Waals surface area (Å²) in [5.41, 5.74) is 1.37. The first-order valence-corrected chi connectivity index (χ1v) is 6.47. The summed E-state index contributed by atoms with van der Waals surface area (Å²) < 4.78 is 5.03. The Hall–Kier alpha value is -2.47. The van der Waals surface area contributed by atoms with Crippen LogP contribution in [0.5, 0.6) is 0 Å². The van der Waals surface area contributed by atoms with Gasteiger partial charge in [-0.1, -0.05) is 23.7 Å². The Labute approximate surface area is 125 Å². The number of carbonyl (C=O) groups is 2. The molecule has 0 fully saturated rings. The molecule has 0 atom stereocenters. The molecule has 1 aromatic heterocycles. The van der Waals surface area contributed by atoms with Crippen molar-refractivity contribution in [2.24, 2.45) is 0 Å². The minimum atomic E-state index is -1.16. The van der Waals surface area contributed by atoms with E-state index in [-0.39, 0.29) is 12.3 Å². The van der Waals surface area contributed by atoms with Gasteiger partial charge in [0, 0.05) is 0 Å². The molecule has 21 heavy (non-hydrogen) atoms. The second-order valence-corrected chi connectivity index (χ2v) is 4.72. The number of hydrogen-bond donors (Lipinski definition) is 3. The number of nitrogens with one attached hydrogen (secondary N) is 2. The van der Waals surface area contributed by atoms with Gasteiger partial charge in [-0.25, -0.2) is 9.59 Å². The zero-order valence-corrected chi connectivity index (χ0v) is 11.9. The number of amides is 2. The molecule has 2 aromatic rings. The van der Waals surface area contributed by atoms with Crippen molar-refractivity contribution in [2.45, 2.75) is 13.5 Å². The Morgan fingerprint density at radius 1 is 1.29 bits per heavy atom. The molecule has 2 rings (SSSR count). The number of hydrogen-bond acceptors (Lipinski definition) is 3. The summed E-state index contributed by atoms with van der Waals surface area (Å²) in [6, 6.07) is 7.65. The van der Waals surface area contributed by atoms with E-state index in [0.717, 1.165) is 5.56 Å². The Bertz CT molecular complexity index is 661. The number of urea groups is 1. The highest BCUT2D eigenvalue weighted by molar-refractivity contribution is 6.33. The molecule has 0 radical (unpaired) electrons. The second kappa shape index (κ2) is 6.32. The van der Waals surface area contributed by atoms with Gasteiger partial charge in [-0.15, -0.1) is 0 Å². The molecule has 0 saturated heterocycles. The normalized spacial score (nSPS) is 10.2. The summed E-state index contributed by atoms with van der Waals surface area (Å²) in [5, 5.41) is 14.4. The number of anilines is 1. The van der Waals surface area contributed by atoms with Crippen LogP contribution < -0.4 is 10.6 Å². The average Bonchev–Trinajstić information content (AvgIpc) is 2.90. The van der Waals surface area contributed by atoms with E-state index in [0.29, 0.717) is 16.5 Å². The molecule has 0 unspecified atom stereocenters. The fraction of sp³-hybridized carbons (Fsp3) is 0.143. The van der Waals surface area contributed by atoms with Crippen molar-refractivity contribution in [3.63, 3.8) is 0 Å². The number of rotatable bonds is 4. The van der Waals surface area contributed by atoms with Crippen molar-refractivity contribution < 1.29 is 19.1 Å². The molecule has 0 spiro atoms. The molecule has 0 bridgehead atoms. The molecule has 1 aromatic carbocycles. The maximum atomic E-state index is 11.8. The monoisotopic (exact) mass is 308 g/mol. The van der Waals surface area contributed by atoms with Crippen molar-refractivity contribution in [1.29, 1.82) is 0 Å². The van der Waals surface area contributed by atoms with Gasteiger partial charge in [-0.05, 0) is 30.7 Å². The van der Waals surface area contributed by atoms with E-state index in [4.69, 9.17) is 21.1 Å². The van der Waals surface area contributed by atoms with Gasteiger partial charge in [0.15, 0.2) is 0 Å². The van der Waals surface area contributed by atoms with Crippen LogP contribution in [0, 0.1) is 6.92 Å². The van der Waals surface area contributed by atoms with E-state index in [1.54, 1.807) is 12.1 Å². The predicted octanol–water partition coefficient (Wildman–Crippen LogP) is 3.26. The van der Waals surface area contributed by atoms with Crippen molar-refractivity contribution in [1.82, 2.24) is 5.32 Å². The van der Waals surface area contributed by atoms with Gasteiger partial charge in [0.25, 0.3) is 0 Å². The third-order valence-electron chi connectivity index (χ3n) is 2.76. The predicted molar refractivity (Wildman–Crippen MR) is 77.7 cm³/mol. The van der Waals surface area contributed by atoms with Crippen LogP contribution in [0.25, 0.3) is 0 Å². The number of aryl methyl sites for hydroxylation is 1. The lowest BCUT2D eigenvalue weighted by atomic mass is 10.2. The van der Waals surface area contributed by atoms with Gasteiger partial charge in [-0.3, -0.25) is 0 Å². The summed E-state index contributed by atoms with van der Waals surface area (Å²) >= 11 is 6.00. The number of halogens is 1. The summed E-state index contributed by atoms with van der Waals surface area (Å²) in [6.07, 6.45) is 0. The minimum Gasteiger partial charge on any atom is -0.475 e. The number of carboxylic acid groups (broad SMARTS) is 1. The lowest BCUT2D eigenvalue weighted by Crippen LogP contribution is -2.28.